The highest BCUT2D eigenvalue weighted by atomic mass is 32.2. The van der Waals surface area contributed by atoms with Crippen LogP contribution in [0.2, 0.25) is 0 Å². The molecule has 0 aliphatic heterocycles. The number of carboxylic acid groups (broad SMARTS) is 2. The van der Waals surface area contributed by atoms with Crippen LogP contribution in [0.25, 0.3) is 10.9 Å². The second-order valence-electron chi connectivity index (χ2n) is 3.70. The Morgan fingerprint density at radius 2 is 2.00 bits per heavy atom. The van der Waals surface area contributed by atoms with Crippen molar-refractivity contribution in [1.29, 1.82) is 0 Å². The van der Waals surface area contributed by atoms with Gasteiger partial charge in [0.1, 0.15) is 0 Å². The number of carboxylic acids is 2. The first-order valence-corrected chi connectivity index (χ1v) is 6.09. The standard InChI is InChI=1S/C12H11NO4S/c14-11(15)5-9(12(16)17)18-10-6-13-8-4-2-1-3-7(8)10/h1-4,6,9,13H,5H2,(H,14,15)(H,16,17)/p-2. The number of fused-ring (bicyclic) bond motifs is 1. The molecule has 0 bridgehead atoms. The summed E-state index contributed by atoms with van der Waals surface area (Å²) in [5.74, 6) is -2.81. The fourth-order valence-electron chi connectivity index (χ4n) is 1.62. The minimum absolute atomic E-state index is 0.577. The van der Waals surface area contributed by atoms with E-state index >= 15 is 0 Å². The molecule has 0 aliphatic carbocycles. The van der Waals surface area contributed by atoms with E-state index in [4.69, 9.17) is 0 Å². The third kappa shape index (κ3) is 2.65. The highest BCUT2D eigenvalue weighted by Crippen LogP contribution is 2.31. The molecule has 1 N–H and O–H groups in total. The van der Waals surface area contributed by atoms with Gasteiger partial charge in [-0.05, 0) is 6.07 Å². The number of thioether (sulfide) groups is 1. The van der Waals surface area contributed by atoms with Crippen LogP contribution in [-0.4, -0.2) is 22.2 Å². The van der Waals surface area contributed by atoms with Crippen LogP contribution >= 0.6 is 11.8 Å². The van der Waals surface area contributed by atoms with E-state index in [0.29, 0.717) is 4.90 Å². The van der Waals surface area contributed by atoms with E-state index < -0.39 is 23.6 Å². The van der Waals surface area contributed by atoms with Crippen molar-refractivity contribution in [2.24, 2.45) is 0 Å². The lowest BCUT2D eigenvalue weighted by molar-refractivity contribution is -0.314. The Kier molecular flexibility index (Phi) is 3.57. The summed E-state index contributed by atoms with van der Waals surface area (Å²) in [7, 11) is 0. The molecule has 2 rings (SSSR count). The van der Waals surface area contributed by atoms with E-state index in [9.17, 15) is 19.8 Å². The number of nitrogens with one attached hydrogen (secondary N) is 1. The fraction of sp³-hybridized carbons (Fsp3) is 0.167. The van der Waals surface area contributed by atoms with Gasteiger partial charge in [0.2, 0.25) is 0 Å². The molecular weight excluding hydrogens is 254 g/mol. The third-order valence-electron chi connectivity index (χ3n) is 2.44. The van der Waals surface area contributed by atoms with Crippen LogP contribution in [0.5, 0.6) is 0 Å². The summed E-state index contributed by atoms with van der Waals surface area (Å²) in [4.78, 5) is 25.0. The smallest absolute Gasteiger partial charge is 0.0552 e. The molecule has 0 radical (unpaired) electrons. The lowest BCUT2D eigenvalue weighted by atomic mass is 10.2. The summed E-state index contributed by atoms with van der Waals surface area (Å²) < 4.78 is 0. The van der Waals surface area contributed by atoms with Gasteiger partial charge in [0.25, 0.3) is 0 Å². The van der Waals surface area contributed by atoms with Gasteiger partial charge >= 0.3 is 0 Å². The van der Waals surface area contributed by atoms with Gasteiger partial charge in [-0.2, -0.15) is 0 Å². The first-order valence-electron chi connectivity index (χ1n) is 5.21. The van der Waals surface area contributed by atoms with E-state index in [1.54, 1.807) is 6.20 Å². The number of aromatic amines is 1. The number of hydrogen-bond donors (Lipinski definition) is 1. The molecule has 1 aromatic carbocycles. The molecule has 5 nitrogen and oxygen atoms in total. The number of H-pyrrole nitrogens is 1. The maximum atomic E-state index is 10.9. The molecule has 94 valence electrons. The van der Waals surface area contributed by atoms with Crippen LogP contribution in [0.3, 0.4) is 0 Å². The Balaban J connectivity index is 2.26. The van der Waals surface area contributed by atoms with Crippen molar-refractivity contribution in [3.8, 4) is 0 Å². The summed E-state index contributed by atoms with van der Waals surface area (Å²) in [5, 5.41) is 21.0. The molecule has 0 amide bonds. The predicted molar refractivity (Wildman–Crippen MR) is 62.6 cm³/mol. The molecule has 18 heavy (non-hydrogen) atoms. The van der Waals surface area contributed by atoms with Crippen LogP contribution in [-0.2, 0) is 9.59 Å². The highest BCUT2D eigenvalue weighted by Gasteiger charge is 2.14. The summed E-state index contributed by atoms with van der Waals surface area (Å²) in [6, 6.07) is 7.36. The van der Waals surface area contributed by atoms with Crippen molar-refractivity contribution in [2.75, 3.05) is 0 Å². The summed E-state index contributed by atoms with van der Waals surface area (Å²) in [5.41, 5.74) is 0.866. The van der Waals surface area contributed by atoms with Gasteiger partial charge in [-0.25, -0.2) is 0 Å². The first kappa shape index (κ1) is 12.5. The van der Waals surface area contributed by atoms with Crippen LogP contribution in [0.1, 0.15) is 6.42 Å². The molecule has 0 aliphatic rings. The normalized spacial score (nSPS) is 12.4. The fourth-order valence-corrected chi connectivity index (χ4v) is 2.67. The summed E-state index contributed by atoms with van der Waals surface area (Å²) in [6.45, 7) is 0. The molecule has 6 heteroatoms. The molecule has 1 heterocycles. The van der Waals surface area contributed by atoms with E-state index in [2.05, 4.69) is 4.98 Å². The summed E-state index contributed by atoms with van der Waals surface area (Å²) >= 11 is 0.947. The lowest BCUT2D eigenvalue weighted by Crippen LogP contribution is -2.38. The second-order valence-corrected chi connectivity index (χ2v) is 4.94. The van der Waals surface area contributed by atoms with E-state index in [-0.39, 0.29) is 0 Å². The minimum Gasteiger partial charge on any atom is -0.550 e. The Labute approximate surface area is 107 Å². The number of aromatic nitrogens is 1. The van der Waals surface area contributed by atoms with Gasteiger partial charge in [0, 0.05) is 34.4 Å². The Hall–Kier alpha value is -1.95. The molecule has 0 spiro atoms. The van der Waals surface area contributed by atoms with Crippen molar-refractivity contribution < 1.29 is 19.8 Å². The molecule has 0 saturated carbocycles. The van der Waals surface area contributed by atoms with Gasteiger partial charge in [-0.15, -0.1) is 11.8 Å². The topological polar surface area (TPSA) is 96.0 Å². The number of hydrogen-bond acceptors (Lipinski definition) is 5. The van der Waals surface area contributed by atoms with E-state index in [0.717, 1.165) is 22.7 Å². The average Bonchev–Trinajstić information content (AvgIpc) is 2.71. The van der Waals surface area contributed by atoms with Crippen molar-refractivity contribution in [1.82, 2.24) is 4.98 Å². The lowest BCUT2D eigenvalue weighted by Gasteiger charge is -2.17. The zero-order valence-electron chi connectivity index (χ0n) is 9.21. The monoisotopic (exact) mass is 263 g/mol. The minimum atomic E-state index is -1.41. The van der Waals surface area contributed by atoms with Crippen LogP contribution in [0.15, 0.2) is 35.4 Å². The zero-order chi connectivity index (χ0) is 13.1. The number of benzene rings is 1. The second kappa shape index (κ2) is 5.14. The molecule has 1 atom stereocenters. The molecular formula is C12H9NO4S-2. The van der Waals surface area contributed by atoms with Gasteiger partial charge in [0.15, 0.2) is 0 Å². The maximum Gasteiger partial charge on any atom is 0.0552 e. The van der Waals surface area contributed by atoms with Crippen LogP contribution in [0, 0.1) is 0 Å². The predicted octanol–water partition coefficient (Wildman–Crippen LogP) is -0.482. The van der Waals surface area contributed by atoms with E-state index in [1.807, 2.05) is 24.3 Å². The quantitative estimate of drug-likeness (QED) is 0.735. The number of para-hydroxylation sites is 1. The largest absolute Gasteiger partial charge is 0.550 e. The molecule has 2 aromatic rings. The SMILES string of the molecule is O=C([O-])CC(Sc1c[nH]c2ccccc12)C(=O)[O-]. The third-order valence-corrected chi connectivity index (χ3v) is 3.67. The number of carbonyl (C=O) groups excluding carboxylic acids is 2. The molecule has 0 saturated heterocycles. The van der Waals surface area contributed by atoms with Crippen molar-refractivity contribution in [3.63, 3.8) is 0 Å². The number of aliphatic carboxylic acids is 2. The van der Waals surface area contributed by atoms with E-state index in [1.165, 1.54) is 0 Å². The molecule has 1 unspecified atom stereocenters. The summed E-state index contributed by atoms with van der Waals surface area (Å²) in [6.07, 6.45) is 1.08. The zero-order valence-corrected chi connectivity index (χ0v) is 10.0. The molecule has 1 aromatic heterocycles. The van der Waals surface area contributed by atoms with Gasteiger partial charge in [0.05, 0.1) is 11.2 Å². The van der Waals surface area contributed by atoms with Gasteiger partial charge in [-0.3, -0.25) is 0 Å². The first-order chi connectivity index (χ1) is 8.58. The van der Waals surface area contributed by atoms with Crippen LogP contribution < -0.4 is 10.2 Å². The van der Waals surface area contributed by atoms with Gasteiger partial charge in [-0.1, -0.05) is 18.2 Å². The molecule has 0 fully saturated rings. The Morgan fingerprint density at radius 1 is 1.28 bits per heavy atom. The number of rotatable bonds is 5. The van der Waals surface area contributed by atoms with Gasteiger partial charge < -0.3 is 24.8 Å². The van der Waals surface area contributed by atoms with Crippen molar-refractivity contribution >= 4 is 34.6 Å². The highest BCUT2D eigenvalue weighted by molar-refractivity contribution is 8.00. The average molecular weight is 263 g/mol. The van der Waals surface area contributed by atoms with Crippen LogP contribution in [0.4, 0.5) is 0 Å². The maximum absolute atomic E-state index is 10.9. The Bertz CT molecular complexity index is 593. The van der Waals surface area contributed by atoms with Crippen molar-refractivity contribution in [3.05, 3.63) is 30.5 Å². The van der Waals surface area contributed by atoms with Crippen molar-refractivity contribution in [2.45, 2.75) is 16.6 Å². The number of carbonyl (C=O) groups is 2. The Morgan fingerprint density at radius 3 is 2.67 bits per heavy atom.